The lowest BCUT2D eigenvalue weighted by atomic mass is 9.96. The van der Waals surface area contributed by atoms with Gasteiger partial charge in [0, 0.05) is 13.7 Å². The number of hydrogen-bond acceptors (Lipinski definition) is 3. The molecule has 0 radical (unpaired) electrons. The number of methoxy groups -OCH3 is 1. The van der Waals surface area contributed by atoms with E-state index in [2.05, 4.69) is 0 Å². The highest BCUT2D eigenvalue weighted by molar-refractivity contribution is 4.84. The Morgan fingerprint density at radius 3 is 2.71 bits per heavy atom. The van der Waals surface area contributed by atoms with Crippen LogP contribution in [0.25, 0.3) is 0 Å². The van der Waals surface area contributed by atoms with Gasteiger partial charge in [-0.2, -0.15) is 13.2 Å². The molecule has 0 aromatic carbocycles. The summed E-state index contributed by atoms with van der Waals surface area (Å²) in [4.78, 5) is 1.51. The van der Waals surface area contributed by atoms with Gasteiger partial charge in [0.15, 0.2) is 0 Å². The predicted molar refractivity (Wildman–Crippen MR) is 59.7 cm³/mol. The number of likely N-dealkylation sites (tertiary alicyclic amines) is 1. The molecule has 0 aromatic heterocycles. The van der Waals surface area contributed by atoms with Crippen LogP contribution in [0.3, 0.4) is 0 Å². The second kappa shape index (κ2) is 6.56. The Labute approximate surface area is 100 Å². The van der Waals surface area contributed by atoms with Gasteiger partial charge in [-0.15, -0.1) is 0 Å². The molecule has 0 bridgehead atoms. The minimum atomic E-state index is -4.19. The molecule has 1 aliphatic heterocycles. The highest BCUT2D eigenvalue weighted by Crippen LogP contribution is 2.30. The van der Waals surface area contributed by atoms with E-state index in [-0.39, 0.29) is 18.9 Å². The highest BCUT2D eigenvalue weighted by Gasteiger charge is 2.43. The van der Waals surface area contributed by atoms with Crippen LogP contribution in [0.4, 0.5) is 13.2 Å². The first-order valence-corrected chi connectivity index (χ1v) is 5.98. The number of alkyl halides is 3. The van der Waals surface area contributed by atoms with E-state index >= 15 is 0 Å². The third-order valence-corrected chi connectivity index (χ3v) is 3.21. The van der Waals surface area contributed by atoms with Crippen molar-refractivity contribution in [3.63, 3.8) is 0 Å². The van der Waals surface area contributed by atoms with Crippen LogP contribution >= 0.6 is 0 Å². The molecule has 1 fully saturated rings. The number of halogens is 3. The zero-order chi connectivity index (χ0) is 12.9. The average Bonchev–Trinajstić information content (AvgIpc) is 2.25. The van der Waals surface area contributed by atoms with E-state index in [4.69, 9.17) is 10.5 Å². The van der Waals surface area contributed by atoms with Gasteiger partial charge in [0.25, 0.3) is 0 Å². The van der Waals surface area contributed by atoms with Crippen LogP contribution in [0.15, 0.2) is 0 Å². The van der Waals surface area contributed by atoms with E-state index in [1.165, 1.54) is 4.90 Å². The fourth-order valence-electron chi connectivity index (χ4n) is 2.46. The molecular formula is C11H21F3N2O. The molecule has 3 nitrogen and oxygen atoms in total. The standard InChI is InChI=1S/C11H21F3N2O/c1-17-8-9-3-2-6-16(7-9)10(4-5-15)11(12,13)14/h9-10H,2-8,15H2,1H3. The van der Waals surface area contributed by atoms with Gasteiger partial charge in [-0.3, -0.25) is 4.90 Å². The maximum atomic E-state index is 12.9. The number of ether oxygens (including phenoxy) is 1. The van der Waals surface area contributed by atoms with Gasteiger partial charge < -0.3 is 10.5 Å². The minimum Gasteiger partial charge on any atom is -0.384 e. The molecule has 1 rings (SSSR count). The van der Waals surface area contributed by atoms with Crippen molar-refractivity contribution in [2.75, 3.05) is 33.4 Å². The Morgan fingerprint density at radius 2 is 2.18 bits per heavy atom. The smallest absolute Gasteiger partial charge is 0.384 e. The predicted octanol–water partition coefficient (Wildman–Crippen LogP) is 1.62. The average molecular weight is 254 g/mol. The van der Waals surface area contributed by atoms with E-state index in [1.54, 1.807) is 7.11 Å². The first-order chi connectivity index (χ1) is 7.99. The summed E-state index contributed by atoms with van der Waals surface area (Å²) in [5.41, 5.74) is 5.27. The summed E-state index contributed by atoms with van der Waals surface area (Å²) in [7, 11) is 1.58. The summed E-state index contributed by atoms with van der Waals surface area (Å²) in [6, 6.07) is -1.40. The summed E-state index contributed by atoms with van der Waals surface area (Å²) in [6.07, 6.45) is -2.47. The van der Waals surface area contributed by atoms with Crippen molar-refractivity contribution >= 4 is 0 Å². The number of rotatable bonds is 5. The van der Waals surface area contributed by atoms with Crippen molar-refractivity contribution in [2.45, 2.75) is 31.5 Å². The topological polar surface area (TPSA) is 38.5 Å². The largest absolute Gasteiger partial charge is 0.404 e. The van der Waals surface area contributed by atoms with Crippen molar-refractivity contribution in [1.29, 1.82) is 0 Å². The molecule has 0 saturated carbocycles. The monoisotopic (exact) mass is 254 g/mol. The molecule has 102 valence electrons. The normalized spacial score (nSPS) is 24.9. The van der Waals surface area contributed by atoms with E-state index in [9.17, 15) is 13.2 Å². The molecule has 1 saturated heterocycles. The Hall–Kier alpha value is -0.330. The van der Waals surface area contributed by atoms with Gasteiger partial charge in [0.1, 0.15) is 6.04 Å². The summed E-state index contributed by atoms with van der Waals surface area (Å²) in [6.45, 7) is 1.56. The summed E-state index contributed by atoms with van der Waals surface area (Å²) in [5.74, 6) is 0.205. The number of piperidine rings is 1. The third kappa shape index (κ3) is 4.44. The summed E-state index contributed by atoms with van der Waals surface area (Å²) < 4.78 is 43.7. The number of nitrogens with two attached hydrogens (primary N) is 1. The van der Waals surface area contributed by atoms with Crippen LogP contribution in [0, 0.1) is 5.92 Å². The molecule has 0 spiro atoms. The molecule has 2 atom stereocenters. The Morgan fingerprint density at radius 1 is 1.47 bits per heavy atom. The molecule has 2 N–H and O–H groups in total. The van der Waals surface area contributed by atoms with Crippen molar-refractivity contribution in [3.8, 4) is 0 Å². The summed E-state index contributed by atoms with van der Waals surface area (Å²) in [5, 5.41) is 0. The van der Waals surface area contributed by atoms with Gasteiger partial charge in [-0.05, 0) is 38.3 Å². The molecule has 0 aliphatic carbocycles. The lowest BCUT2D eigenvalue weighted by molar-refractivity contribution is -0.189. The molecule has 17 heavy (non-hydrogen) atoms. The van der Waals surface area contributed by atoms with E-state index in [0.717, 1.165) is 12.8 Å². The van der Waals surface area contributed by atoms with Crippen LogP contribution < -0.4 is 5.73 Å². The molecular weight excluding hydrogens is 233 g/mol. The molecule has 6 heteroatoms. The van der Waals surface area contributed by atoms with Gasteiger partial charge in [0.05, 0.1) is 6.61 Å². The third-order valence-electron chi connectivity index (χ3n) is 3.21. The minimum absolute atomic E-state index is 0.0246. The lowest BCUT2D eigenvalue weighted by Gasteiger charge is -2.38. The Balaban J connectivity index is 2.60. The van der Waals surface area contributed by atoms with Crippen molar-refractivity contribution < 1.29 is 17.9 Å². The zero-order valence-electron chi connectivity index (χ0n) is 10.2. The maximum absolute atomic E-state index is 12.9. The lowest BCUT2D eigenvalue weighted by Crippen LogP contribution is -2.51. The van der Waals surface area contributed by atoms with Gasteiger partial charge in [0.2, 0.25) is 0 Å². The van der Waals surface area contributed by atoms with Crippen molar-refractivity contribution in [1.82, 2.24) is 4.90 Å². The Bertz CT molecular complexity index is 221. The van der Waals surface area contributed by atoms with Crippen LogP contribution in [0.5, 0.6) is 0 Å². The second-order valence-electron chi connectivity index (χ2n) is 4.59. The first-order valence-electron chi connectivity index (χ1n) is 5.98. The van der Waals surface area contributed by atoms with Crippen LogP contribution in [-0.4, -0.2) is 50.5 Å². The number of hydrogen-bond donors (Lipinski definition) is 1. The second-order valence-corrected chi connectivity index (χ2v) is 4.59. The van der Waals surface area contributed by atoms with Gasteiger partial charge in [-0.1, -0.05) is 0 Å². The van der Waals surface area contributed by atoms with E-state index < -0.39 is 12.2 Å². The van der Waals surface area contributed by atoms with E-state index in [1.807, 2.05) is 0 Å². The van der Waals surface area contributed by atoms with Crippen LogP contribution in [-0.2, 0) is 4.74 Å². The quantitative estimate of drug-likeness (QED) is 0.810. The van der Waals surface area contributed by atoms with Crippen molar-refractivity contribution in [3.05, 3.63) is 0 Å². The molecule has 1 heterocycles. The van der Waals surface area contributed by atoms with Gasteiger partial charge in [-0.25, -0.2) is 0 Å². The maximum Gasteiger partial charge on any atom is 0.404 e. The SMILES string of the molecule is COCC1CCCN(C(CCN)C(F)(F)F)C1. The molecule has 0 aromatic rings. The number of nitrogens with zero attached hydrogens (tertiary/aromatic N) is 1. The fourth-order valence-corrected chi connectivity index (χ4v) is 2.46. The van der Waals surface area contributed by atoms with Crippen molar-refractivity contribution in [2.24, 2.45) is 11.7 Å². The van der Waals surface area contributed by atoms with E-state index in [0.29, 0.717) is 19.7 Å². The highest BCUT2D eigenvalue weighted by atomic mass is 19.4. The molecule has 2 unspecified atom stereocenters. The molecule has 0 amide bonds. The van der Waals surface area contributed by atoms with Crippen LogP contribution in [0.2, 0.25) is 0 Å². The Kier molecular flexibility index (Phi) is 5.69. The van der Waals surface area contributed by atoms with Crippen LogP contribution in [0.1, 0.15) is 19.3 Å². The van der Waals surface area contributed by atoms with Gasteiger partial charge >= 0.3 is 6.18 Å². The fraction of sp³-hybridized carbons (Fsp3) is 1.00. The summed E-state index contributed by atoms with van der Waals surface area (Å²) >= 11 is 0. The zero-order valence-corrected chi connectivity index (χ0v) is 10.2. The first kappa shape index (κ1) is 14.7. The molecule has 1 aliphatic rings.